The zero-order valence-corrected chi connectivity index (χ0v) is 7.80. The minimum absolute atomic E-state index is 0.247. The van der Waals surface area contributed by atoms with E-state index in [9.17, 15) is 0 Å². The summed E-state index contributed by atoms with van der Waals surface area (Å²) in [4.78, 5) is 0. The quantitative estimate of drug-likeness (QED) is 0.727. The molecule has 0 aromatic heterocycles. The van der Waals surface area contributed by atoms with Crippen LogP contribution in [0.3, 0.4) is 0 Å². The summed E-state index contributed by atoms with van der Waals surface area (Å²) in [5.74, 6) is 1.94. The molecular weight excluding hydrogens is 172 g/mol. The van der Waals surface area contributed by atoms with Crippen LogP contribution in [0.15, 0.2) is 24.3 Å². The summed E-state index contributed by atoms with van der Waals surface area (Å²) in [6.45, 7) is 0.685. The van der Waals surface area contributed by atoms with E-state index in [2.05, 4.69) is 0 Å². The first-order valence-corrected chi connectivity index (χ1v) is 5.13. The summed E-state index contributed by atoms with van der Waals surface area (Å²) in [5.41, 5.74) is 0. The Bertz CT molecular complexity index is 238. The van der Waals surface area contributed by atoms with Crippen molar-refractivity contribution in [1.82, 2.24) is 0 Å². The van der Waals surface area contributed by atoms with Gasteiger partial charge < -0.3 is 9.84 Å². The standard InChI is InChI=1S/C9H12O2S/c1-12-6-5-11-9-4-2-3-8(10)7-9/h2-4,7,10H,5-6H2,1H3. The molecule has 0 spiro atoms. The van der Waals surface area contributed by atoms with Gasteiger partial charge in [-0.05, 0) is 18.4 Å². The second kappa shape index (κ2) is 4.93. The van der Waals surface area contributed by atoms with Gasteiger partial charge in [-0.15, -0.1) is 0 Å². The molecule has 0 saturated heterocycles. The molecule has 0 bridgehead atoms. The highest BCUT2D eigenvalue weighted by atomic mass is 32.2. The van der Waals surface area contributed by atoms with E-state index in [1.165, 1.54) is 0 Å². The molecule has 1 aromatic carbocycles. The number of phenols is 1. The maximum atomic E-state index is 9.08. The molecule has 12 heavy (non-hydrogen) atoms. The zero-order chi connectivity index (χ0) is 8.81. The fourth-order valence-corrected chi connectivity index (χ4v) is 1.07. The fourth-order valence-electron chi connectivity index (χ4n) is 0.816. The summed E-state index contributed by atoms with van der Waals surface area (Å²) < 4.78 is 5.35. The van der Waals surface area contributed by atoms with Crippen LogP contribution in [0.1, 0.15) is 0 Å². The van der Waals surface area contributed by atoms with Gasteiger partial charge in [-0.1, -0.05) is 6.07 Å². The highest BCUT2D eigenvalue weighted by molar-refractivity contribution is 7.98. The topological polar surface area (TPSA) is 29.5 Å². The van der Waals surface area contributed by atoms with Crippen molar-refractivity contribution in [1.29, 1.82) is 0 Å². The van der Waals surface area contributed by atoms with Crippen LogP contribution < -0.4 is 4.74 Å². The Balaban J connectivity index is 2.41. The predicted octanol–water partition coefficient (Wildman–Crippen LogP) is 2.13. The number of hydrogen-bond donors (Lipinski definition) is 1. The monoisotopic (exact) mass is 184 g/mol. The molecule has 66 valence electrons. The molecule has 0 unspecified atom stereocenters. The van der Waals surface area contributed by atoms with E-state index in [-0.39, 0.29) is 5.75 Å². The Hall–Kier alpha value is -0.830. The lowest BCUT2D eigenvalue weighted by atomic mass is 10.3. The molecule has 1 rings (SSSR count). The molecule has 0 aliphatic rings. The third kappa shape index (κ3) is 3.05. The summed E-state index contributed by atoms with van der Waals surface area (Å²) in [6, 6.07) is 6.84. The molecule has 0 fully saturated rings. The molecule has 0 radical (unpaired) electrons. The molecule has 1 N–H and O–H groups in total. The molecule has 2 nitrogen and oxygen atoms in total. The maximum Gasteiger partial charge on any atom is 0.123 e. The third-order valence-electron chi connectivity index (χ3n) is 1.37. The Labute approximate surface area is 76.6 Å². The molecule has 0 aliphatic carbocycles. The molecular formula is C9H12O2S. The SMILES string of the molecule is CSCCOc1cccc(O)c1. The van der Waals surface area contributed by atoms with Crippen LogP contribution in [0, 0.1) is 0 Å². The molecule has 0 amide bonds. The van der Waals surface area contributed by atoms with Crippen molar-refractivity contribution in [2.75, 3.05) is 18.6 Å². The van der Waals surface area contributed by atoms with Crippen molar-refractivity contribution in [3.63, 3.8) is 0 Å². The normalized spacial score (nSPS) is 9.75. The van der Waals surface area contributed by atoms with E-state index >= 15 is 0 Å². The summed E-state index contributed by atoms with van der Waals surface area (Å²) >= 11 is 1.74. The van der Waals surface area contributed by atoms with E-state index in [4.69, 9.17) is 9.84 Å². The van der Waals surface area contributed by atoms with E-state index in [0.29, 0.717) is 6.61 Å². The van der Waals surface area contributed by atoms with Gasteiger partial charge in [0.15, 0.2) is 0 Å². The van der Waals surface area contributed by atoms with Gasteiger partial charge in [0, 0.05) is 11.8 Å². The smallest absolute Gasteiger partial charge is 0.123 e. The largest absolute Gasteiger partial charge is 0.508 e. The number of benzene rings is 1. The van der Waals surface area contributed by atoms with Gasteiger partial charge in [-0.3, -0.25) is 0 Å². The van der Waals surface area contributed by atoms with Crippen LogP contribution in [-0.4, -0.2) is 23.7 Å². The Morgan fingerprint density at radius 3 is 3.00 bits per heavy atom. The minimum atomic E-state index is 0.247. The molecule has 0 heterocycles. The first-order valence-electron chi connectivity index (χ1n) is 3.73. The molecule has 3 heteroatoms. The summed E-state index contributed by atoms with van der Waals surface area (Å²) in [6.07, 6.45) is 2.03. The number of ether oxygens (including phenoxy) is 1. The average Bonchev–Trinajstić information content (AvgIpc) is 2.05. The van der Waals surface area contributed by atoms with Gasteiger partial charge in [0.1, 0.15) is 11.5 Å². The number of aromatic hydroxyl groups is 1. The van der Waals surface area contributed by atoms with Crippen LogP contribution >= 0.6 is 11.8 Å². The van der Waals surface area contributed by atoms with Gasteiger partial charge >= 0.3 is 0 Å². The van der Waals surface area contributed by atoms with Crippen molar-refractivity contribution in [3.05, 3.63) is 24.3 Å². The van der Waals surface area contributed by atoms with Crippen LogP contribution in [-0.2, 0) is 0 Å². The Morgan fingerprint density at radius 1 is 1.50 bits per heavy atom. The van der Waals surface area contributed by atoms with Crippen molar-refractivity contribution >= 4 is 11.8 Å². The van der Waals surface area contributed by atoms with Crippen LogP contribution in [0.25, 0.3) is 0 Å². The molecule has 0 saturated carbocycles. The second-order valence-electron chi connectivity index (χ2n) is 2.34. The van der Waals surface area contributed by atoms with Gasteiger partial charge in [-0.2, -0.15) is 11.8 Å². The summed E-state index contributed by atoms with van der Waals surface area (Å²) in [5, 5.41) is 9.08. The molecule has 1 aromatic rings. The fraction of sp³-hybridized carbons (Fsp3) is 0.333. The lowest BCUT2D eigenvalue weighted by Crippen LogP contribution is -1.98. The lowest BCUT2D eigenvalue weighted by Gasteiger charge is -2.04. The Kier molecular flexibility index (Phi) is 3.80. The number of thioether (sulfide) groups is 1. The molecule has 0 atom stereocenters. The average molecular weight is 184 g/mol. The van der Waals surface area contributed by atoms with Gasteiger partial charge in [0.2, 0.25) is 0 Å². The maximum absolute atomic E-state index is 9.08. The van der Waals surface area contributed by atoms with Crippen molar-refractivity contribution in [2.24, 2.45) is 0 Å². The van der Waals surface area contributed by atoms with E-state index in [1.807, 2.05) is 12.3 Å². The predicted molar refractivity (Wildman–Crippen MR) is 52.0 cm³/mol. The zero-order valence-electron chi connectivity index (χ0n) is 6.99. The molecule has 0 aliphatic heterocycles. The van der Waals surface area contributed by atoms with E-state index < -0.39 is 0 Å². The van der Waals surface area contributed by atoms with Crippen molar-refractivity contribution < 1.29 is 9.84 Å². The Morgan fingerprint density at radius 2 is 2.33 bits per heavy atom. The second-order valence-corrected chi connectivity index (χ2v) is 3.32. The number of hydrogen-bond acceptors (Lipinski definition) is 3. The minimum Gasteiger partial charge on any atom is -0.508 e. The van der Waals surface area contributed by atoms with Gasteiger partial charge in [-0.25, -0.2) is 0 Å². The van der Waals surface area contributed by atoms with Gasteiger partial charge in [0.05, 0.1) is 6.61 Å². The number of phenolic OH excluding ortho intramolecular Hbond substituents is 1. The highest BCUT2D eigenvalue weighted by Crippen LogP contribution is 2.17. The van der Waals surface area contributed by atoms with Crippen LogP contribution in [0.5, 0.6) is 11.5 Å². The van der Waals surface area contributed by atoms with E-state index in [0.717, 1.165) is 11.5 Å². The third-order valence-corrected chi connectivity index (χ3v) is 1.95. The van der Waals surface area contributed by atoms with Crippen molar-refractivity contribution in [2.45, 2.75) is 0 Å². The van der Waals surface area contributed by atoms with Crippen LogP contribution in [0.2, 0.25) is 0 Å². The van der Waals surface area contributed by atoms with Gasteiger partial charge in [0.25, 0.3) is 0 Å². The first kappa shape index (κ1) is 9.26. The van der Waals surface area contributed by atoms with Crippen LogP contribution in [0.4, 0.5) is 0 Å². The lowest BCUT2D eigenvalue weighted by molar-refractivity contribution is 0.341. The first-order chi connectivity index (χ1) is 5.83. The van der Waals surface area contributed by atoms with Crippen molar-refractivity contribution in [3.8, 4) is 11.5 Å². The number of rotatable bonds is 4. The summed E-state index contributed by atoms with van der Waals surface area (Å²) in [7, 11) is 0. The highest BCUT2D eigenvalue weighted by Gasteiger charge is 1.93. The van der Waals surface area contributed by atoms with E-state index in [1.54, 1.807) is 30.0 Å².